The number of hydrazone groups is 1. The lowest BCUT2D eigenvalue weighted by molar-refractivity contribution is -0.121. The zero-order valence-corrected chi connectivity index (χ0v) is 21.3. The lowest BCUT2D eigenvalue weighted by atomic mass is 10.1. The van der Waals surface area contributed by atoms with Crippen molar-refractivity contribution < 1.29 is 23.8 Å². The zero-order valence-electron chi connectivity index (χ0n) is 20.4. The Bertz CT molecular complexity index is 894. The quantitative estimate of drug-likeness (QED) is 0.0377. The molecule has 0 atom stereocenters. The van der Waals surface area contributed by atoms with Gasteiger partial charge in [-0.2, -0.15) is 17.7 Å². The third-order valence-corrected chi connectivity index (χ3v) is 4.57. The highest BCUT2D eigenvalue weighted by Gasteiger charge is 2.04. The van der Waals surface area contributed by atoms with Gasteiger partial charge in [0.25, 0.3) is 5.91 Å². The van der Waals surface area contributed by atoms with Crippen molar-refractivity contribution in [2.45, 2.75) is 25.7 Å². The largest absolute Gasteiger partial charge is 0.379 e. The predicted molar refractivity (Wildman–Crippen MR) is 141 cm³/mol. The highest BCUT2D eigenvalue weighted by molar-refractivity contribution is 7.80. The topological polar surface area (TPSA) is 147 Å². The molecule has 2 amide bonds. The van der Waals surface area contributed by atoms with Crippen LogP contribution in [0.1, 0.15) is 41.6 Å². The van der Waals surface area contributed by atoms with E-state index in [4.69, 9.17) is 19.7 Å². The van der Waals surface area contributed by atoms with Crippen LogP contribution in [-0.4, -0.2) is 76.5 Å². The van der Waals surface area contributed by atoms with Gasteiger partial charge in [0.15, 0.2) is 0 Å². The van der Waals surface area contributed by atoms with Crippen LogP contribution < -0.4 is 10.7 Å². The molecule has 11 nitrogen and oxygen atoms in total. The molecule has 0 aliphatic carbocycles. The molecular formula is C24H34N6O5S. The zero-order chi connectivity index (χ0) is 26.1. The summed E-state index contributed by atoms with van der Waals surface area (Å²) in [5.74, 6) is 6.05. The maximum Gasteiger partial charge on any atom is 0.251 e. The third-order valence-electron chi connectivity index (χ3n) is 4.41. The molecule has 2 N–H and O–H groups in total. The van der Waals surface area contributed by atoms with Crippen LogP contribution in [0.25, 0.3) is 10.4 Å². The Morgan fingerprint density at radius 3 is 2.39 bits per heavy atom. The molecule has 0 heterocycles. The second-order valence-electron chi connectivity index (χ2n) is 7.18. The number of hydrogen-bond acceptors (Lipinski definition) is 8. The summed E-state index contributed by atoms with van der Waals surface area (Å²) >= 11 is 4.01. The number of carbonyl (C=O) groups excluding carboxylic acids is 2. The molecule has 0 fully saturated rings. The van der Waals surface area contributed by atoms with Gasteiger partial charge in [-0.1, -0.05) is 23.2 Å². The van der Waals surface area contributed by atoms with Crippen LogP contribution in [0.15, 0.2) is 34.5 Å². The number of thiol groups is 1. The van der Waals surface area contributed by atoms with Gasteiger partial charge in [0.2, 0.25) is 5.91 Å². The molecule has 0 saturated carbocycles. The van der Waals surface area contributed by atoms with E-state index in [2.05, 4.69) is 50.3 Å². The number of ether oxygens (including phenoxy) is 3. The molecule has 0 saturated heterocycles. The number of unbranched alkanes of at least 4 members (excludes halogenated alkanes) is 2. The van der Waals surface area contributed by atoms with Crippen LogP contribution in [0.4, 0.5) is 0 Å². The van der Waals surface area contributed by atoms with E-state index in [1.807, 2.05) is 0 Å². The lowest BCUT2D eigenvalue weighted by Gasteiger charge is -2.08. The van der Waals surface area contributed by atoms with Gasteiger partial charge in [0, 0.05) is 36.4 Å². The van der Waals surface area contributed by atoms with E-state index in [-0.39, 0.29) is 11.8 Å². The van der Waals surface area contributed by atoms with Crippen LogP contribution >= 0.6 is 12.6 Å². The average molecular weight is 519 g/mol. The molecule has 1 aromatic carbocycles. The van der Waals surface area contributed by atoms with Crippen molar-refractivity contribution in [2.24, 2.45) is 10.2 Å². The van der Waals surface area contributed by atoms with E-state index < -0.39 is 0 Å². The second-order valence-corrected chi connectivity index (χ2v) is 7.50. The standard InChI is InChI=1S/C24H34N6O5S/c25-30-27-12-14-34-16-18-35-17-15-33-13-11-26-24(32)22-9-7-21(8-10-22)20-28-29-23(31)6-4-2-1-3-5-19-36/h7-10,20,36H,1-2,4,6,11-19H2,(H,26,32)(H,29,31)/b28-20-. The fourth-order valence-electron chi connectivity index (χ4n) is 2.63. The normalized spacial score (nSPS) is 10.4. The highest BCUT2D eigenvalue weighted by Crippen LogP contribution is 2.03. The number of rotatable bonds is 19. The van der Waals surface area contributed by atoms with Crippen molar-refractivity contribution in [1.29, 1.82) is 0 Å². The summed E-state index contributed by atoms with van der Waals surface area (Å²) in [5, 5.41) is 10.1. The van der Waals surface area contributed by atoms with Gasteiger partial charge < -0.3 is 19.5 Å². The first-order valence-electron chi connectivity index (χ1n) is 11.7. The van der Waals surface area contributed by atoms with Crippen LogP contribution in [0.2, 0.25) is 0 Å². The van der Waals surface area contributed by atoms with E-state index in [9.17, 15) is 9.59 Å². The van der Waals surface area contributed by atoms with Crippen LogP contribution in [0.5, 0.6) is 0 Å². The van der Waals surface area contributed by atoms with Crippen molar-refractivity contribution >= 4 is 30.7 Å². The van der Waals surface area contributed by atoms with Crippen LogP contribution in [0, 0.1) is 11.8 Å². The predicted octanol–water partition coefficient (Wildman–Crippen LogP) is 2.72. The first-order valence-corrected chi connectivity index (χ1v) is 12.3. The molecule has 12 heteroatoms. The Morgan fingerprint density at radius 1 is 1.00 bits per heavy atom. The molecule has 1 aromatic rings. The van der Waals surface area contributed by atoms with Gasteiger partial charge in [0.05, 0.1) is 51.6 Å². The summed E-state index contributed by atoms with van der Waals surface area (Å²) in [6.45, 7) is 3.09. The number of amides is 2. The Balaban J connectivity index is 2.09. The molecule has 196 valence electrons. The van der Waals surface area contributed by atoms with Gasteiger partial charge in [-0.25, -0.2) is 5.43 Å². The van der Waals surface area contributed by atoms with Crippen molar-refractivity contribution in [2.75, 3.05) is 58.5 Å². The van der Waals surface area contributed by atoms with E-state index in [0.29, 0.717) is 70.5 Å². The minimum absolute atomic E-state index is 0.147. The van der Waals surface area contributed by atoms with Crippen LogP contribution in [0.3, 0.4) is 0 Å². The number of benzene rings is 1. The van der Waals surface area contributed by atoms with E-state index in [1.165, 1.54) is 6.21 Å². The Hall–Kier alpha value is -3.07. The Kier molecular flexibility index (Phi) is 19.3. The van der Waals surface area contributed by atoms with Gasteiger partial charge in [-0.15, -0.1) is 5.92 Å². The molecule has 0 spiro atoms. The summed E-state index contributed by atoms with van der Waals surface area (Å²) in [6.07, 6.45) is 4.30. The average Bonchev–Trinajstić information content (AvgIpc) is 2.89. The third kappa shape index (κ3) is 17.4. The smallest absolute Gasteiger partial charge is 0.251 e. The summed E-state index contributed by atoms with van der Waals surface area (Å²) < 4.78 is 16.0. The molecule has 1 rings (SSSR count). The van der Waals surface area contributed by atoms with Crippen molar-refractivity contribution in [3.05, 3.63) is 45.8 Å². The molecule has 0 bridgehead atoms. The number of carbonyl (C=O) groups is 2. The molecule has 0 radical (unpaired) electrons. The van der Waals surface area contributed by atoms with E-state index in [0.717, 1.165) is 24.8 Å². The molecule has 0 unspecified atom stereocenters. The fourth-order valence-corrected chi connectivity index (χ4v) is 2.74. The van der Waals surface area contributed by atoms with Crippen molar-refractivity contribution in [3.63, 3.8) is 0 Å². The number of nitrogens with one attached hydrogen (secondary N) is 2. The summed E-state index contributed by atoms with van der Waals surface area (Å²) in [5.41, 5.74) is 11.9. The maximum absolute atomic E-state index is 12.2. The lowest BCUT2D eigenvalue weighted by Crippen LogP contribution is -2.27. The van der Waals surface area contributed by atoms with Crippen molar-refractivity contribution in [1.82, 2.24) is 10.7 Å². The molecule has 36 heavy (non-hydrogen) atoms. The minimum atomic E-state index is -0.205. The Morgan fingerprint density at radius 2 is 1.69 bits per heavy atom. The van der Waals surface area contributed by atoms with Gasteiger partial charge >= 0.3 is 0 Å². The fraction of sp³-hybridized carbons (Fsp3) is 0.542. The first-order chi connectivity index (χ1) is 17.7. The van der Waals surface area contributed by atoms with Gasteiger partial charge in [0.1, 0.15) is 0 Å². The Labute approximate surface area is 217 Å². The summed E-state index contributed by atoms with van der Waals surface area (Å²) in [4.78, 5) is 26.6. The first kappa shape index (κ1) is 31.0. The highest BCUT2D eigenvalue weighted by atomic mass is 32.1. The van der Waals surface area contributed by atoms with E-state index >= 15 is 0 Å². The second kappa shape index (κ2) is 22.4. The number of nitrogens with zero attached hydrogens (tertiary/aromatic N) is 4. The maximum atomic E-state index is 12.2. The molecule has 0 aliphatic heterocycles. The van der Waals surface area contributed by atoms with Gasteiger partial charge in [-0.05, 0) is 36.1 Å². The summed E-state index contributed by atoms with van der Waals surface area (Å²) in [7, 11) is 0. The van der Waals surface area contributed by atoms with Crippen molar-refractivity contribution in [3.8, 4) is 11.8 Å². The van der Waals surface area contributed by atoms with E-state index in [1.54, 1.807) is 24.3 Å². The molecular weight excluding hydrogens is 484 g/mol. The van der Waals surface area contributed by atoms with Gasteiger partial charge in [-0.3, -0.25) is 9.59 Å². The molecule has 0 aromatic heterocycles. The minimum Gasteiger partial charge on any atom is -0.379 e. The summed E-state index contributed by atoms with van der Waals surface area (Å²) in [6, 6.07) is 6.87. The monoisotopic (exact) mass is 518 g/mol. The number of azide groups is 1. The molecule has 0 aliphatic rings. The van der Waals surface area contributed by atoms with Crippen LogP contribution in [-0.2, 0) is 19.0 Å². The number of hydrogen-bond donors (Lipinski definition) is 3. The SMILES string of the molecule is [N-]=[N+]=NCCOCCOCCOCCNC(=O)c1ccc(/C=N\NC(=O)CCCCC#CCS)cc1.